The molecule has 1 aliphatic rings. The van der Waals surface area contributed by atoms with Gasteiger partial charge in [0.2, 0.25) is 0 Å². The molecule has 1 heterocycles. The number of anilines is 2. The minimum absolute atomic E-state index is 0.228. The summed E-state index contributed by atoms with van der Waals surface area (Å²) in [7, 11) is 0. The number of benzene rings is 3. The van der Waals surface area contributed by atoms with Gasteiger partial charge in [0.05, 0.1) is 10.2 Å². The first-order chi connectivity index (χ1) is 17.6. The molecule has 0 aliphatic carbocycles. The number of aryl methyl sites for hydroxylation is 1. The van der Waals surface area contributed by atoms with Crippen LogP contribution in [0.2, 0.25) is 5.02 Å². The minimum atomic E-state index is -0.880. The Kier molecular flexibility index (Phi) is 8.11. The summed E-state index contributed by atoms with van der Waals surface area (Å²) >= 11 is 12.7. The molecule has 3 aromatic carbocycles. The van der Waals surface area contributed by atoms with E-state index in [0.29, 0.717) is 25.2 Å². The third kappa shape index (κ3) is 6.10. The number of barbiturate groups is 1. The molecule has 0 bridgehead atoms. The van der Waals surface area contributed by atoms with Gasteiger partial charge in [-0.3, -0.25) is 19.7 Å². The Hall–Kier alpha value is -3.47. The van der Waals surface area contributed by atoms with Crippen LogP contribution in [-0.2, 0) is 14.4 Å². The van der Waals surface area contributed by atoms with Crippen LogP contribution in [0.4, 0.5) is 16.2 Å². The monoisotopic (exact) mass is 645 g/mol. The van der Waals surface area contributed by atoms with Gasteiger partial charge < -0.3 is 10.1 Å². The molecule has 0 aromatic heterocycles. The van der Waals surface area contributed by atoms with Crippen molar-refractivity contribution in [3.8, 4) is 5.75 Å². The number of carbonyl (C=O) groups excluding carboxylic acids is 4. The van der Waals surface area contributed by atoms with E-state index < -0.39 is 23.8 Å². The maximum absolute atomic E-state index is 13.2. The molecule has 2 N–H and O–H groups in total. The Morgan fingerprint density at radius 2 is 1.78 bits per heavy atom. The highest BCUT2D eigenvalue weighted by Gasteiger charge is 2.37. The lowest BCUT2D eigenvalue weighted by Gasteiger charge is -2.26. The van der Waals surface area contributed by atoms with Crippen molar-refractivity contribution in [3.63, 3.8) is 0 Å². The summed E-state index contributed by atoms with van der Waals surface area (Å²) < 4.78 is 6.89. The molecule has 5 amide bonds. The molecule has 1 fully saturated rings. The first kappa shape index (κ1) is 26.6. The van der Waals surface area contributed by atoms with Crippen LogP contribution in [0, 0.1) is 6.92 Å². The zero-order chi connectivity index (χ0) is 26.7. The van der Waals surface area contributed by atoms with Gasteiger partial charge in [0.25, 0.3) is 17.7 Å². The van der Waals surface area contributed by atoms with Crippen LogP contribution in [0.5, 0.6) is 5.75 Å². The fraction of sp³-hybridized carbons (Fsp3) is 0.0769. The van der Waals surface area contributed by atoms with Crippen LogP contribution >= 0.6 is 43.5 Å². The summed E-state index contributed by atoms with van der Waals surface area (Å²) in [5.74, 6) is -1.85. The Bertz CT molecular complexity index is 1460. The molecular formula is C26H18Br2ClN3O5. The molecule has 8 nitrogen and oxygen atoms in total. The summed E-state index contributed by atoms with van der Waals surface area (Å²) in [6.45, 7) is 1.54. The number of ether oxygens (including phenoxy) is 1. The van der Waals surface area contributed by atoms with E-state index in [1.165, 1.54) is 30.3 Å². The third-order valence-corrected chi connectivity index (χ3v) is 6.59. The second kappa shape index (κ2) is 11.3. The van der Waals surface area contributed by atoms with Gasteiger partial charge in [0.1, 0.15) is 11.3 Å². The first-order valence-corrected chi connectivity index (χ1v) is 12.7. The van der Waals surface area contributed by atoms with Crippen molar-refractivity contribution in [2.45, 2.75) is 6.92 Å². The number of para-hydroxylation sites is 1. The summed E-state index contributed by atoms with van der Waals surface area (Å²) in [5, 5.41) is 5.38. The SMILES string of the molecule is Cc1ccccc1NC(=O)COc1c(Br)cc(Br)cc1/C=C1/C(=O)NC(=O)N(c2ccc(Cl)cc2)C1=O. The average Bonchev–Trinajstić information content (AvgIpc) is 2.83. The number of rotatable bonds is 6. The largest absolute Gasteiger partial charge is 0.482 e. The molecule has 0 atom stereocenters. The van der Waals surface area contributed by atoms with Crippen molar-refractivity contribution < 1.29 is 23.9 Å². The average molecular weight is 648 g/mol. The van der Waals surface area contributed by atoms with Crippen molar-refractivity contribution >= 4 is 84.7 Å². The predicted octanol–water partition coefficient (Wildman–Crippen LogP) is 5.86. The maximum atomic E-state index is 13.2. The second-order valence-electron chi connectivity index (χ2n) is 7.89. The highest BCUT2D eigenvalue weighted by molar-refractivity contribution is 9.11. The molecule has 0 unspecified atom stereocenters. The zero-order valence-electron chi connectivity index (χ0n) is 19.2. The number of carbonyl (C=O) groups is 4. The molecule has 1 saturated heterocycles. The lowest BCUT2D eigenvalue weighted by atomic mass is 10.1. The number of urea groups is 1. The van der Waals surface area contributed by atoms with E-state index in [2.05, 4.69) is 42.5 Å². The number of imide groups is 2. The number of nitrogens with zero attached hydrogens (tertiary/aromatic N) is 1. The van der Waals surface area contributed by atoms with Crippen molar-refractivity contribution in [2.75, 3.05) is 16.8 Å². The summed E-state index contributed by atoms with van der Waals surface area (Å²) in [5.41, 5.74) is 1.82. The van der Waals surface area contributed by atoms with E-state index in [1.54, 1.807) is 18.2 Å². The third-order valence-electron chi connectivity index (χ3n) is 5.29. The lowest BCUT2D eigenvalue weighted by molar-refractivity contribution is -0.122. The topological polar surface area (TPSA) is 105 Å². The second-order valence-corrected chi connectivity index (χ2v) is 10.1. The minimum Gasteiger partial charge on any atom is -0.482 e. The number of nitrogens with one attached hydrogen (secondary N) is 2. The van der Waals surface area contributed by atoms with Crippen LogP contribution in [0.15, 0.2) is 75.2 Å². The van der Waals surface area contributed by atoms with E-state index >= 15 is 0 Å². The Balaban J connectivity index is 1.63. The molecule has 0 radical (unpaired) electrons. The normalized spacial score (nSPS) is 14.5. The summed E-state index contributed by atoms with van der Waals surface area (Å²) in [6, 6.07) is 15.8. The highest BCUT2D eigenvalue weighted by atomic mass is 79.9. The number of halogens is 3. The fourth-order valence-electron chi connectivity index (χ4n) is 3.51. The van der Waals surface area contributed by atoms with Gasteiger partial charge in [-0.15, -0.1) is 0 Å². The Morgan fingerprint density at radius 3 is 2.49 bits per heavy atom. The van der Waals surface area contributed by atoms with Gasteiger partial charge in [-0.1, -0.05) is 45.7 Å². The van der Waals surface area contributed by atoms with Crippen molar-refractivity contribution in [1.82, 2.24) is 5.32 Å². The van der Waals surface area contributed by atoms with E-state index in [4.69, 9.17) is 16.3 Å². The number of amides is 5. The van der Waals surface area contributed by atoms with Gasteiger partial charge in [-0.25, -0.2) is 9.69 Å². The van der Waals surface area contributed by atoms with Crippen LogP contribution in [0.3, 0.4) is 0 Å². The molecule has 37 heavy (non-hydrogen) atoms. The molecule has 4 rings (SSSR count). The maximum Gasteiger partial charge on any atom is 0.335 e. The number of hydrogen-bond acceptors (Lipinski definition) is 5. The van der Waals surface area contributed by atoms with Crippen LogP contribution in [0.1, 0.15) is 11.1 Å². The zero-order valence-corrected chi connectivity index (χ0v) is 23.1. The molecule has 0 spiro atoms. The summed E-state index contributed by atoms with van der Waals surface area (Å²) in [6.07, 6.45) is 1.30. The molecule has 3 aromatic rings. The van der Waals surface area contributed by atoms with Gasteiger partial charge >= 0.3 is 6.03 Å². The van der Waals surface area contributed by atoms with Gasteiger partial charge in [0.15, 0.2) is 6.61 Å². The first-order valence-electron chi connectivity index (χ1n) is 10.8. The summed E-state index contributed by atoms with van der Waals surface area (Å²) in [4.78, 5) is 51.7. The van der Waals surface area contributed by atoms with Crippen LogP contribution < -0.4 is 20.3 Å². The quantitative estimate of drug-likeness (QED) is 0.258. The Labute approximate surface area is 233 Å². The number of hydrogen-bond donors (Lipinski definition) is 2. The van der Waals surface area contributed by atoms with Gasteiger partial charge in [0, 0.05) is 20.7 Å². The molecule has 11 heteroatoms. The van der Waals surface area contributed by atoms with Crippen LogP contribution in [-0.4, -0.2) is 30.4 Å². The van der Waals surface area contributed by atoms with E-state index in [-0.39, 0.29) is 23.6 Å². The standard InChI is InChI=1S/C26H18Br2ClN3O5/c1-14-4-2-3-5-21(14)30-22(33)13-37-23-15(10-16(27)12-20(23)28)11-19-24(34)31-26(36)32(25(19)35)18-8-6-17(29)7-9-18/h2-12H,13H2,1H3,(H,30,33)(H,31,34,36)/b19-11-. The molecule has 1 aliphatic heterocycles. The van der Waals surface area contributed by atoms with Crippen molar-refractivity contribution in [2.24, 2.45) is 0 Å². The van der Waals surface area contributed by atoms with Gasteiger partial charge in [-0.2, -0.15) is 0 Å². The molecular weight excluding hydrogens is 630 g/mol. The molecule has 0 saturated carbocycles. The van der Waals surface area contributed by atoms with Gasteiger partial charge in [-0.05, 0) is 77.0 Å². The van der Waals surface area contributed by atoms with Crippen molar-refractivity contribution in [1.29, 1.82) is 0 Å². The Morgan fingerprint density at radius 1 is 1.08 bits per heavy atom. The fourth-order valence-corrected chi connectivity index (χ4v) is 5.01. The lowest BCUT2D eigenvalue weighted by Crippen LogP contribution is -2.54. The predicted molar refractivity (Wildman–Crippen MR) is 148 cm³/mol. The smallest absolute Gasteiger partial charge is 0.335 e. The van der Waals surface area contributed by atoms with E-state index in [9.17, 15) is 19.2 Å². The van der Waals surface area contributed by atoms with Crippen molar-refractivity contribution in [3.05, 3.63) is 91.3 Å². The molecule has 188 valence electrons. The van der Waals surface area contributed by atoms with E-state index in [0.717, 1.165) is 10.5 Å². The highest BCUT2D eigenvalue weighted by Crippen LogP contribution is 2.35. The van der Waals surface area contributed by atoms with E-state index in [1.807, 2.05) is 25.1 Å². The van der Waals surface area contributed by atoms with Crippen LogP contribution in [0.25, 0.3) is 6.08 Å².